The number of aromatic nitrogens is 1. The Morgan fingerprint density at radius 1 is 0.659 bits per heavy atom. The number of carbonyl (C=O) groups is 12. The van der Waals surface area contributed by atoms with Crippen LogP contribution in [0.2, 0.25) is 0 Å². The van der Waals surface area contributed by atoms with Gasteiger partial charge in [0, 0.05) is 53.3 Å². The topological polar surface area (TPSA) is 380 Å². The molecular formula is C62H86N12O17. The highest BCUT2D eigenvalue weighted by Gasteiger charge is 2.48. The zero-order valence-corrected chi connectivity index (χ0v) is 54.5. The van der Waals surface area contributed by atoms with Crippen molar-refractivity contribution >= 4 is 87.8 Å². The summed E-state index contributed by atoms with van der Waals surface area (Å²) < 4.78 is 18.3. The molecule has 1 aromatic carbocycles. The van der Waals surface area contributed by atoms with Gasteiger partial charge in [0.25, 0.3) is 11.8 Å². The van der Waals surface area contributed by atoms with Crippen LogP contribution in [0.15, 0.2) is 21.3 Å². The number of aliphatic hydroxyl groups excluding tert-OH is 1. The first kappa shape index (κ1) is 69.7. The van der Waals surface area contributed by atoms with Gasteiger partial charge in [0.2, 0.25) is 52.7 Å². The number of nitrogens with one attached hydrogen (secondary N) is 4. The highest BCUT2D eigenvalue weighted by molar-refractivity contribution is 6.10. The number of hydrogen-bond acceptors (Lipinski definition) is 19. The van der Waals surface area contributed by atoms with E-state index in [-0.39, 0.29) is 53.9 Å². The number of anilines is 1. The number of nitrogens with zero attached hydrogens (tertiary/aromatic N) is 7. The number of nitrogens with two attached hydrogens (primary N) is 1. The quantitative estimate of drug-likeness (QED) is 0.0957. The second kappa shape index (κ2) is 27.8. The summed E-state index contributed by atoms with van der Waals surface area (Å²) in [7, 11) is 5.46. The number of aryl methyl sites for hydroxylation is 1. The molecule has 5 heterocycles. The van der Waals surface area contributed by atoms with E-state index in [4.69, 9.17) is 24.6 Å². The van der Waals surface area contributed by atoms with Crippen LogP contribution in [0.4, 0.5) is 5.69 Å². The molecule has 5 aliphatic heterocycles. The van der Waals surface area contributed by atoms with Gasteiger partial charge in [-0.05, 0) is 75.8 Å². The Bertz CT molecular complexity index is 3460. The Hall–Kier alpha value is -8.76. The van der Waals surface area contributed by atoms with Crippen LogP contribution in [0.5, 0.6) is 0 Å². The number of aliphatic hydroxyl groups is 1. The maximum Gasteiger partial charge on any atom is 0.329 e. The average Bonchev–Trinajstić information content (AvgIpc) is 1.68. The molecule has 7 rings (SSSR count). The Balaban J connectivity index is 1.32. The monoisotopic (exact) mass is 1270 g/mol. The molecule has 2 unspecified atom stereocenters. The van der Waals surface area contributed by atoms with E-state index >= 15 is 9.59 Å². The summed E-state index contributed by atoms with van der Waals surface area (Å²) in [4.78, 5) is 199. The molecule has 4 saturated heterocycles. The third kappa shape index (κ3) is 14.1. The van der Waals surface area contributed by atoms with Gasteiger partial charge in [0.15, 0.2) is 11.3 Å². The van der Waals surface area contributed by atoms with Crippen LogP contribution in [0, 0.1) is 37.5 Å². The van der Waals surface area contributed by atoms with E-state index in [9.17, 15) is 57.8 Å². The number of hydrogen-bond donors (Lipinski definition) is 6. The number of benzene rings is 2. The van der Waals surface area contributed by atoms with E-state index < -0.39 is 197 Å². The third-order valence-electron chi connectivity index (χ3n) is 17.5. The number of rotatable bonds is 8. The van der Waals surface area contributed by atoms with E-state index in [1.807, 2.05) is 0 Å². The molecule has 1 aliphatic carbocycles. The van der Waals surface area contributed by atoms with E-state index in [0.717, 1.165) is 19.6 Å². The van der Waals surface area contributed by atoms with E-state index in [2.05, 4.69) is 21.3 Å². The lowest BCUT2D eigenvalue weighted by Crippen LogP contribution is -2.61. The van der Waals surface area contributed by atoms with Crippen molar-refractivity contribution in [2.24, 2.45) is 23.7 Å². The minimum Gasteiger partial charge on any atom is -0.458 e. The molecule has 4 fully saturated rings. The number of cyclic esters (lactones) is 2. The van der Waals surface area contributed by atoms with Gasteiger partial charge >= 0.3 is 11.9 Å². The van der Waals surface area contributed by atoms with Crippen LogP contribution in [0.25, 0.3) is 22.6 Å². The zero-order chi connectivity index (χ0) is 67.8. The molecule has 1 aromatic rings. The summed E-state index contributed by atoms with van der Waals surface area (Å²) >= 11 is 0. The first-order valence-electron chi connectivity index (χ1n) is 30.6. The lowest BCUT2D eigenvalue weighted by atomic mass is 9.98. The number of nitrogen functional groups attached to an aromatic ring is 1. The number of ether oxygens (including phenoxy) is 2. The van der Waals surface area contributed by atoms with Crippen molar-refractivity contribution in [3.05, 3.63) is 44.6 Å². The van der Waals surface area contributed by atoms with Gasteiger partial charge < -0.3 is 75.4 Å². The largest absolute Gasteiger partial charge is 0.458 e. The normalized spacial score (nSPS) is 26.9. The fourth-order valence-corrected chi connectivity index (χ4v) is 12.3. The average molecular weight is 1270 g/mol. The standard InChI is InChI=1S/C62H86N12O17/c1-26(2)42-59(85)73-21-17-18-36(73)57(83)69(13)24-38(76)71(15)48(28(5)6)61(87)89-32(11)44(55(81)65-42)67-53(79)35-20-19-30(9)51-46(35)64-47-40(41(63)50(78)31(10)52(47)91-51)54(80)68-45-33(12)90-62(88)49(29(7)8)72(16)39(77)25-70(14)58(84)37-22-34(75)23-74(37)60(86)43(27(3)4)66-56(45)82/h19-20,26-29,32-34,36-37,42-45,48-49,75H,17-18,21-25,63H2,1-16H3,(H,65,81)(H,66,82)(H,67,79)(H,68,80)/t32?,33?,34-,36-,37-,42+,43+,44-,45-,48-,49-/m0/s1. The van der Waals surface area contributed by atoms with Crippen molar-refractivity contribution in [2.75, 3.05) is 60.1 Å². The minimum absolute atomic E-state index is 0.0925. The lowest BCUT2D eigenvalue weighted by molar-refractivity contribution is -0.163. The minimum atomic E-state index is -1.94. The van der Waals surface area contributed by atoms with Gasteiger partial charge in [-0.15, -0.1) is 0 Å². The van der Waals surface area contributed by atoms with E-state index in [0.29, 0.717) is 12.0 Å². The lowest BCUT2D eigenvalue weighted by Gasteiger charge is -2.36. The molecule has 496 valence electrons. The predicted octanol–water partition coefficient (Wildman–Crippen LogP) is -0.304. The Labute approximate surface area is 527 Å². The SMILES string of the molecule is Cc1c2oc3c(C)ccc(C(=O)N[C@@H]4C(=O)N[C@H](C(C)C)C(=O)N5CCC[C@H]5C(=O)N(C)CC(=O)N(C)[C@@H](C(C)C)C(=O)OC4C)c3nc-2c(C(=O)N[C@@H]2C(=O)N[C@H](C(C)C)C(=O)N3C[C@@H](O)C[C@H]3C(=O)N(C)CC(=O)N(C)[C@@H](C(C)C)C(=O)OC2C)c(N)c1=O. The van der Waals surface area contributed by atoms with Gasteiger partial charge in [-0.2, -0.15) is 0 Å². The number of esters is 2. The van der Waals surface area contributed by atoms with Crippen molar-refractivity contribution < 1.29 is 76.5 Å². The zero-order valence-electron chi connectivity index (χ0n) is 54.5. The summed E-state index contributed by atoms with van der Waals surface area (Å²) in [5.74, 6) is -13.1. The van der Waals surface area contributed by atoms with Gasteiger partial charge in [-0.3, -0.25) is 52.7 Å². The fourth-order valence-electron chi connectivity index (χ4n) is 12.3. The second-order valence-electron chi connectivity index (χ2n) is 25.8. The van der Waals surface area contributed by atoms with Crippen molar-refractivity contribution in [2.45, 2.75) is 169 Å². The van der Waals surface area contributed by atoms with Crippen LogP contribution >= 0.6 is 0 Å². The number of fused-ring (bicyclic) bond motifs is 4. The fraction of sp³-hybridized carbons (Fsp3) is 0.613. The molecule has 0 bridgehead atoms. The predicted molar refractivity (Wildman–Crippen MR) is 327 cm³/mol. The third-order valence-corrected chi connectivity index (χ3v) is 17.5. The van der Waals surface area contributed by atoms with Crippen molar-refractivity contribution in [3.63, 3.8) is 0 Å². The summed E-state index contributed by atoms with van der Waals surface area (Å²) in [6.45, 7) is 17.5. The molecule has 29 nitrogen and oxygen atoms in total. The van der Waals surface area contributed by atoms with Crippen LogP contribution in [-0.4, -0.2) is 232 Å². The summed E-state index contributed by atoms with van der Waals surface area (Å²) in [5.41, 5.74) is 3.38. The smallest absolute Gasteiger partial charge is 0.329 e. The molecule has 0 radical (unpaired) electrons. The molecular weight excluding hydrogens is 1180 g/mol. The van der Waals surface area contributed by atoms with Crippen molar-refractivity contribution in [3.8, 4) is 11.5 Å². The molecule has 91 heavy (non-hydrogen) atoms. The highest BCUT2D eigenvalue weighted by atomic mass is 16.6. The first-order valence-corrected chi connectivity index (χ1v) is 30.6. The molecule has 7 N–H and O–H groups in total. The number of amides is 10. The molecule has 29 heteroatoms. The van der Waals surface area contributed by atoms with Crippen LogP contribution in [0.1, 0.15) is 120 Å². The van der Waals surface area contributed by atoms with Crippen LogP contribution < -0.4 is 32.4 Å². The maximum atomic E-state index is 15.2. The Morgan fingerprint density at radius 3 is 1.62 bits per heavy atom. The van der Waals surface area contributed by atoms with E-state index in [1.54, 1.807) is 62.3 Å². The first-order chi connectivity index (χ1) is 42.5. The molecule has 6 aliphatic rings. The van der Waals surface area contributed by atoms with E-state index in [1.165, 1.54) is 70.9 Å². The van der Waals surface area contributed by atoms with Gasteiger partial charge in [0.1, 0.15) is 71.8 Å². The molecule has 0 spiro atoms. The summed E-state index contributed by atoms with van der Waals surface area (Å²) in [6.07, 6.45) is -3.77. The Kier molecular flexibility index (Phi) is 21.3. The Morgan fingerprint density at radius 2 is 1.13 bits per heavy atom. The highest BCUT2D eigenvalue weighted by Crippen LogP contribution is 2.35. The number of likely N-dealkylation sites (N-methyl/N-ethyl adjacent to an activating group) is 4. The van der Waals surface area contributed by atoms with Crippen molar-refractivity contribution in [1.82, 2.24) is 55.7 Å². The summed E-state index contributed by atoms with van der Waals surface area (Å²) in [5, 5.41) is 21.4. The van der Waals surface area contributed by atoms with Gasteiger partial charge in [0.05, 0.1) is 36.0 Å². The molecule has 10 amide bonds. The van der Waals surface area contributed by atoms with Crippen molar-refractivity contribution in [1.29, 1.82) is 0 Å². The maximum absolute atomic E-state index is 15.2. The van der Waals surface area contributed by atoms with Crippen LogP contribution in [-0.2, 0) is 57.4 Å². The number of carbonyl (C=O) groups excluding carboxylic acids is 12. The molecule has 0 aromatic heterocycles. The molecule has 0 saturated carbocycles. The van der Waals surface area contributed by atoms with Gasteiger partial charge in [-0.25, -0.2) is 14.6 Å². The van der Waals surface area contributed by atoms with Gasteiger partial charge in [-0.1, -0.05) is 61.5 Å². The molecule has 11 atom stereocenters. The second-order valence-corrected chi connectivity index (χ2v) is 25.8. The van der Waals surface area contributed by atoms with Crippen LogP contribution in [0.3, 0.4) is 0 Å². The summed E-state index contributed by atoms with van der Waals surface area (Å²) in [6, 6.07) is -8.46.